The summed E-state index contributed by atoms with van der Waals surface area (Å²) in [6.45, 7) is 3.26. The van der Waals surface area contributed by atoms with E-state index in [0.717, 1.165) is 34.9 Å². The summed E-state index contributed by atoms with van der Waals surface area (Å²) >= 11 is 1.66. The average Bonchev–Trinajstić information content (AvgIpc) is 3.04. The lowest BCUT2D eigenvalue weighted by atomic mass is 9.85. The number of fused-ring (bicyclic) bond motifs is 2. The summed E-state index contributed by atoms with van der Waals surface area (Å²) in [7, 11) is 0. The first-order chi connectivity index (χ1) is 12.2. The van der Waals surface area contributed by atoms with E-state index < -0.39 is 0 Å². The summed E-state index contributed by atoms with van der Waals surface area (Å²) in [6.07, 6.45) is 7.99. The molecule has 2 aromatic heterocycles. The topological polar surface area (TPSA) is 66.1 Å². The molecule has 0 radical (unpaired) electrons. The lowest BCUT2D eigenvalue weighted by molar-refractivity contribution is 0.0736. The molecule has 0 bridgehead atoms. The van der Waals surface area contributed by atoms with Crippen molar-refractivity contribution in [3.05, 3.63) is 49.3 Å². The minimum absolute atomic E-state index is 0.0781. The van der Waals surface area contributed by atoms with Gasteiger partial charge in [0.25, 0.3) is 11.5 Å². The number of aromatic nitrogens is 2. The summed E-state index contributed by atoms with van der Waals surface area (Å²) in [6, 6.07) is 2.12. The highest BCUT2D eigenvalue weighted by Crippen LogP contribution is 2.34. The molecule has 5 nitrogen and oxygen atoms in total. The third-order valence-electron chi connectivity index (χ3n) is 5.39. The molecule has 25 heavy (non-hydrogen) atoms. The van der Waals surface area contributed by atoms with E-state index in [-0.39, 0.29) is 11.5 Å². The van der Waals surface area contributed by atoms with Crippen molar-refractivity contribution in [3.8, 4) is 0 Å². The zero-order valence-electron chi connectivity index (χ0n) is 14.5. The monoisotopic (exact) mass is 357 g/mol. The quantitative estimate of drug-likeness (QED) is 0.918. The molecule has 132 valence electrons. The number of H-pyrrole nitrogens is 1. The van der Waals surface area contributed by atoms with Gasteiger partial charge in [0.05, 0.1) is 23.4 Å². The molecule has 4 rings (SSSR count). The van der Waals surface area contributed by atoms with Gasteiger partial charge in [-0.1, -0.05) is 19.8 Å². The fraction of sp³-hybridized carbons (Fsp3) is 0.526. The number of amides is 1. The van der Waals surface area contributed by atoms with E-state index in [1.54, 1.807) is 11.3 Å². The van der Waals surface area contributed by atoms with E-state index in [1.807, 2.05) is 4.90 Å². The van der Waals surface area contributed by atoms with Gasteiger partial charge in [0, 0.05) is 17.0 Å². The van der Waals surface area contributed by atoms with Gasteiger partial charge in [0.2, 0.25) is 0 Å². The van der Waals surface area contributed by atoms with Crippen molar-refractivity contribution >= 4 is 17.2 Å². The SMILES string of the molecule is CCC[C@H]1CCc2sc(C(=O)N3CCc4c(nc[nH]c4=O)C3)cc2C1. The number of nitrogens with zero attached hydrogens (tertiary/aromatic N) is 2. The number of aromatic amines is 1. The van der Waals surface area contributed by atoms with Crippen molar-refractivity contribution in [2.45, 2.75) is 52.0 Å². The Labute approximate surface area is 151 Å². The molecule has 0 aromatic carbocycles. The Morgan fingerprint density at radius 3 is 3.16 bits per heavy atom. The number of rotatable bonds is 3. The Balaban J connectivity index is 1.52. The van der Waals surface area contributed by atoms with Crippen LogP contribution in [0.25, 0.3) is 0 Å². The summed E-state index contributed by atoms with van der Waals surface area (Å²) in [5.74, 6) is 0.854. The summed E-state index contributed by atoms with van der Waals surface area (Å²) in [4.78, 5) is 35.7. The van der Waals surface area contributed by atoms with Crippen LogP contribution in [0.1, 0.15) is 57.6 Å². The molecule has 1 aliphatic heterocycles. The molecule has 0 unspecified atom stereocenters. The molecule has 0 fully saturated rings. The summed E-state index contributed by atoms with van der Waals surface area (Å²) in [5, 5.41) is 0. The first-order valence-electron chi connectivity index (χ1n) is 9.12. The standard InChI is InChI=1S/C19H23N3O2S/c1-2-3-12-4-5-16-13(8-12)9-17(25-16)19(24)22-7-6-14-15(10-22)20-11-21-18(14)23/h9,11-12H,2-8,10H2,1H3,(H,20,21,23)/t12-/m0/s1. The lowest BCUT2D eigenvalue weighted by Crippen LogP contribution is -2.38. The van der Waals surface area contributed by atoms with Crippen LogP contribution in [0.2, 0.25) is 0 Å². The van der Waals surface area contributed by atoms with E-state index in [4.69, 9.17) is 0 Å². The Kier molecular flexibility index (Phi) is 4.46. The molecule has 1 amide bonds. The van der Waals surface area contributed by atoms with Crippen molar-refractivity contribution in [2.75, 3.05) is 6.54 Å². The molecule has 1 aliphatic carbocycles. The van der Waals surface area contributed by atoms with E-state index in [9.17, 15) is 9.59 Å². The van der Waals surface area contributed by atoms with Crippen LogP contribution >= 0.6 is 11.3 Å². The Morgan fingerprint density at radius 1 is 1.44 bits per heavy atom. The highest BCUT2D eigenvalue weighted by atomic mass is 32.1. The van der Waals surface area contributed by atoms with Gasteiger partial charge < -0.3 is 9.88 Å². The number of hydrogen-bond acceptors (Lipinski definition) is 4. The van der Waals surface area contributed by atoms with Crippen LogP contribution < -0.4 is 5.56 Å². The molecular formula is C19H23N3O2S. The number of nitrogens with one attached hydrogen (secondary N) is 1. The summed E-state index contributed by atoms with van der Waals surface area (Å²) < 4.78 is 0. The zero-order chi connectivity index (χ0) is 17.4. The number of hydrogen-bond donors (Lipinski definition) is 1. The molecule has 1 atom stereocenters. The van der Waals surface area contributed by atoms with Crippen molar-refractivity contribution in [3.63, 3.8) is 0 Å². The van der Waals surface area contributed by atoms with Crippen molar-refractivity contribution in [1.82, 2.24) is 14.9 Å². The predicted octanol–water partition coefficient (Wildman–Crippen LogP) is 2.93. The molecule has 0 saturated carbocycles. The van der Waals surface area contributed by atoms with E-state index in [0.29, 0.717) is 19.5 Å². The third-order valence-corrected chi connectivity index (χ3v) is 6.62. The molecule has 1 N–H and O–H groups in total. The minimum atomic E-state index is -0.0781. The lowest BCUT2D eigenvalue weighted by Gasteiger charge is -2.26. The van der Waals surface area contributed by atoms with Crippen LogP contribution in [0.3, 0.4) is 0 Å². The van der Waals surface area contributed by atoms with Crippen molar-refractivity contribution in [2.24, 2.45) is 5.92 Å². The highest BCUT2D eigenvalue weighted by molar-refractivity contribution is 7.14. The minimum Gasteiger partial charge on any atom is -0.332 e. The van der Waals surface area contributed by atoms with E-state index in [2.05, 4.69) is 23.0 Å². The first kappa shape index (κ1) is 16.5. The molecule has 2 aromatic rings. The van der Waals surface area contributed by atoms with E-state index in [1.165, 1.54) is 36.0 Å². The fourth-order valence-electron chi connectivity index (χ4n) is 4.05. The van der Waals surface area contributed by atoms with Crippen molar-refractivity contribution < 1.29 is 4.79 Å². The smallest absolute Gasteiger partial charge is 0.264 e. The van der Waals surface area contributed by atoms with Crippen LogP contribution in [-0.4, -0.2) is 27.3 Å². The van der Waals surface area contributed by atoms with E-state index >= 15 is 0 Å². The summed E-state index contributed by atoms with van der Waals surface area (Å²) in [5.41, 5.74) is 2.75. The number of aryl methyl sites for hydroxylation is 1. The maximum Gasteiger partial charge on any atom is 0.264 e. The van der Waals surface area contributed by atoms with Crippen LogP contribution in [0.5, 0.6) is 0 Å². The second kappa shape index (κ2) is 6.75. The first-order valence-corrected chi connectivity index (χ1v) is 9.93. The van der Waals surface area contributed by atoms with Gasteiger partial charge in [-0.2, -0.15) is 0 Å². The molecule has 6 heteroatoms. The Bertz CT molecular complexity index is 855. The molecule has 3 heterocycles. The maximum absolute atomic E-state index is 12.9. The number of carbonyl (C=O) groups excluding carboxylic acids is 1. The van der Waals surface area contributed by atoms with Crippen LogP contribution in [0, 0.1) is 5.92 Å². The number of carbonyl (C=O) groups is 1. The highest BCUT2D eigenvalue weighted by Gasteiger charge is 2.27. The fourth-order valence-corrected chi connectivity index (χ4v) is 5.23. The van der Waals surface area contributed by atoms with Gasteiger partial charge in [0.15, 0.2) is 0 Å². The molecule has 0 saturated heterocycles. The van der Waals surface area contributed by atoms with Gasteiger partial charge in [-0.3, -0.25) is 9.59 Å². The largest absolute Gasteiger partial charge is 0.332 e. The van der Waals surface area contributed by atoms with Crippen LogP contribution in [-0.2, 0) is 25.8 Å². The van der Waals surface area contributed by atoms with Crippen LogP contribution in [0.15, 0.2) is 17.2 Å². The second-order valence-corrected chi connectivity index (χ2v) is 8.23. The molecule has 2 aliphatic rings. The number of thiophene rings is 1. The van der Waals surface area contributed by atoms with Gasteiger partial charge in [0.1, 0.15) is 0 Å². The van der Waals surface area contributed by atoms with Gasteiger partial charge in [-0.05, 0) is 43.2 Å². The predicted molar refractivity (Wildman–Crippen MR) is 98.0 cm³/mol. The average molecular weight is 357 g/mol. The van der Waals surface area contributed by atoms with Gasteiger partial charge >= 0.3 is 0 Å². The van der Waals surface area contributed by atoms with Crippen molar-refractivity contribution in [1.29, 1.82) is 0 Å². The normalized spacial score (nSPS) is 19.4. The van der Waals surface area contributed by atoms with Gasteiger partial charge in [-0.25, -0.2) is 4.98 Å². The second-order valence-electron chi connectivity index (χ2n) is 7.09. The van der Waals surface area contributed by atoms with Gasteiger partial charge in [-0.15, -0.1) is 11.3 Å². The Hall–Kier alpha value is -1.95. The zero-order valence-corrected chi connectivity index (χ0v) is 15.3. The molecular weight excluding hydrogens is 334 g/mol. The third kappa shape index (κ3) is 3.15. The maximum atomic E-state index is 12.9. The van der Waals surface area contributed by atoms with Crippen LogP contribution in [0.4, 0.5) is 0 Å². The molecule has 0 spiro atoms. The Morgan fingerprint density at radius 2 is 2.32 bits per heavy atom.